The fraction of sp³-hybridized carbons (Fsp3) is 0.500. The lowest BCUT2D eigenvalue weighted by Gasteiger charge is -2.29. The van der Waals surface area contributed by atoms with Crippen LogP contribution in [0.2, 0.25) is 0 Å². The fourth-order valence-electron chi connectivity index (χ4n) is 2.41. The Labute approximate surface area is 120 Å². The summed E-state index contributed by atoms with van der Waals surface area (Å²) in [6.07, 6.45) is 2.63. The summed E-state index contributed by atoms with van der Waals surface area (Å²) in [5, 5.41) is 19.2. The molecule has 0 amide bonds. The molecule has 1 fully saturated rings. The Morgan fingerprint density at radius 2 is 2.05 bits per heavy atom. The number of hydrogen-bond acceptors (Lipinski definition) is 3. The van der Waals surface area contributed by atoms with Crippen LogP contribution in [0.4, 0.5) is 0 Å². The van der Waals surface area contributed by atoms with Gasteiger partial charge in [0.05, 0.1) is 6.10 Å². The van der Waals surface area contributed by atoms with Gasteiger partial charge in [-0.3, -0.25) is 0 Å². The second-order valence-corrected chi connectivity index (χ2v) is 5.83. The molecule has 0 heterocycles. The summed E-state index contributed by atoms with van der Waals surface area (Å²) in [5.74, 6) is -0.661. The van der Waals surface area contributed by atoms with Crippen LogP contribution in [0.25, 0.3) is 0 Å². The summed E-state index contributed by atoms with van der Waals surface area (Å²) >= 11 is 3.28. The molecule has 2 unspecified atom stereocenters. The zero-order valence-electron chi connectivity index (χ0n) is 10.7. The van der Waals surface area contributed by atoms with Crippen molar-refractivity contribution in [2.75, 3.05) is 0 Å². The number of carbonyl (C=O) groups is 1. The SMILES string of the molecule is Cc1cc(Br)cc(C(=O)O)c1OC1CCCCC1O. The summed E-state index contributed by atoms with van der Waals surface area (Å²) in [6.45, 7) is 1.81. The van der Waals surface area contributed by atoms with Crippen molar-refractivity contribution in [2.45, 2.75) is 44.8 Å². The second-order valence-electron chi connectivity index (χ2n) is 4.91. The summed E-state index contributed by atoms with van der Waals surface area (Å²) < 4.78 is 6.50. The lowest BCUT2D eigenvalue weighted by Crippen LogP contribution is -2.35. The van der Waals surface area contributed by atoms with Gasteiger partial charge >= 0.3 is 5.97 Å². The number of ether oxygens (including phenoxy) is 1. The van der Waals surface area contributed by atoms with Gasteiger partial charge < -0.3 is 14.9 Å². The number of hydrogen-bond donors (Lipinski definition) is 2. The van der Waals surface area contributed by atoms with Crippen molar-refractivity contribution in [2.24, 2.45) is 0 Å². The number of aromatic carboxylic acids is 1. The van der Waals surface area contributed by atoms with Crippen LogP contribution in [0.15, 0.2) is 16.6 Å². The van der Waals surface area contributed by atoms with Gasteiger partial charge in [0.15, 0.2) is 0 Å². The average molecular weight is 329 g/mol. The molecule has 0 aliphatic heterocycles. The summed E-state index contributed by atoms with van der Waals surface area (Å²) in [6, 6.07) is 3.34. The van der Waals surface area contributed by atoms with Crippen LogP contribution in [0.3, 0.4) is 0 Å². The highest BCUT2D eigenvalue weighted by Crippen LogP contribution is 2.31. The maximum atomic E-state index is 11.3. The average Bonchev–Trinajstić information content (AvgIpc) is 2.34. The Balaban J connectivity index is 2.30. The lowest BCUT2D eigenvalue weighted by atomic mass is 9.94. The maximum Gasteiger partial charge on any atom is 0.339 e. The minimum Gasteiger partial charge on any atom is -0.487 e. The third kappa shape index (κ3) is 3.28. The summed E-state index contributed by atoms with van der Waals surface area (Å²) in [7, 11) is 0. The Morgan fingerprint density at radius 3 is 2.68 bits per heavy atom. The molecule has 2 rings (SSSR count). The van der Waals surface area contributed by atoms with Crippen molar-refractivity contribution in [1.29, 1.82) is 0 Å². The first kappa shape index (κ1) is 14.3. The molecule has 1 aliphatic carbocycles. The molecule has 0 aromatic heterocycles. The molecular weight excluding hydrogens is 312 g/mol. The van der Waals surface area contributed by atoms with Crippen molar-refractivity contribution in [1.82, 2.24) is 0 Å². The number of benzene rings is 1. The molecule has 1 saturated carbocycles. The van der Waals surface area contributed by atoms with Gasteiger partial charge in [-0.1, -0.05) is 22.4 Å². The summed E-state index contributed by atoms with van der Waals surface area (Å²) in [5.41, 5.74) is 0.884. The van der Waals surface area contributed by atoms with Crippen LogP contribution in [0.1, 0.15) is 41.6 Å². The van der Waals surface area contributed by atoms with Crippen molar-refractivity contribution in [3.63, 3.8) is 0 Å². The van der Waals surface area contributed by atoms with Gasteiger partial charge in [-0.2, -0.15) is 0 Å². The third-order valence-electron chi connectivity index (χ3n) is 3.41. The van der Waals surface area contributed by atoms with Crippen LogP contribution < -0.4 is 4.74 Å². The molecule has 1 aromatic carbocycles. The van der Waals surface area contributed by atoms with Crippen LogP contribution in [-0.4, -0.2) is 28.4 Å². The molecule has 0 bridgehead atoms. The van der Waals surface area contributed by atoms with Gasteiger partial charge in [-0.25, -0.2) is 4.79 Å². The molecule has 5 heteroatoms. The predicted molar refractivity (Wildman–Crippen MR) is 74.7 cm³/mol. The van der Waals surface area contributed by atoms with E-state index in [1.165, 1.54) is 6.07 Å². The third-order valence-corrected chi connectivity index (χ3v) is 3.86. The van der Waals surface area contributed by atoms with E-state index in [2.05, 4.69) is 15.9 Å². The van der Waals surface area contributed by atoms with Gasteiger partial charge in [-0.15, -0.1) is 0 Å². The minimum absolute atomic E-state index is 0.129. The molecule has 19 heavy (non-hydrogen) atoms. The van der Waals surface area contributed by atoms with E-state index in [0.29, 0.717) is 16.6 Å². The Morgan fingerprint density at radius 1 is 1.37 bits per heavy atom. The van der Waals surface area contributed by atoms with E-state index in [4.69, 9.17) is 4.74 Å². The van der Waals surface area contributed by atoms with Crippen molar-refractivity contribution in [3.8, 4) is 5.75 Å². The lowest BCUT2D eigenvalue weighted by molar-refractivity contribution is 0.00571. The van der Waals surface area contributed by atoms with Crippen LogP contribution >= 0.6 is 15.9 Å². The molecule has 4 nitrogen and oxygen atoms in total. The molecule has 0 radical (unpaired) electrons. The van der Waals surface area contributed by atoms with E-state index in [1.54, 1.807) is 0 Å². The first-order valence-electron chi connectivity index (χ1n) is 6.37. The highest BCUT2D eigenvalue weighted by Gasteiger charge is 2.27. The van der Waals surface area contributed by atoms with E-state index in [-0.39, 0.29) is 11.7 Å². The van der Waals surface area contributed by atoms with Crippen molar-refractivity contribution >= 4 is 21.9 Å². The zero-order chi connectivity index (χ0) is 14.0. The number of carboxylic acid groups (broad SMARTS) is 1. The van der Waals surface area contributed by atoms with E-state index in [9.17, 15) is 15.0 Å². The number of rotatable bonds is 3. The number of carboxylic acids is 1. The first-order valence-corrected chi connectivity index (χ1v) is 7.16. The molecule has 2 N–H and O–H groups in total. The minimum atomic E-state index is -1.02. The van der Waals surface area contributed by atoms with Crippen LogP contribution in [-0.2, 0) is 0 Å². The zero-order valence-corrected chi connectivity index (χ0v) is 12.3. The topological polar surface area (TPSA) is 66.8 Å². The van der Waals surface area contributed by atoms with E-state index in [0.717, 1.165) is 24.8 Å². The highest BCUT2D eigenvalue weighted by atomic mass is 79.9. The van der Waals surface area contributed by atoms with E-state index >= 15 is 0 Å². The van der Waals surface area contributed by atoms with Gasteiger partial charge in [0.25, 0.3) is 0 Å². The Kier molecular flexibility index (Phi) is 4.47. The quantitative estimate of drug-likeness (QED) is 0.894. The molecule has 104 valence electrons. The van der Waals surface area contributed by atoms with Crippen molar-refractivity contribution < 1.29 is 19.7 Å². The number of aliphatic hydroxyl groups excluding tert-OH is 1. The molecule has 2 atom stereocenters. The highest BCUT2D eigenvalue weighted by molar-refractivity contribution is 9.10. The summed E-state index contributed by atoms with van der Waals surface area (Å²) in [4.78, 5) is 11.3. The molecule has 0 saturated heterocycles. The van der Waals surface area contributed by atoms with E-state index < -0.39 is 12.1 Å². The van der Waals surface area contributed by atoms with Gasteiger partial charge in [-0.05, 0) is 43.9 Å². The van der Waals surface area contributed by atoms with Crippen LogP contribution in [0.5, 0.6) is 5.75 Å². The van der Waals surface area contributed by atoms with Gasteiger partial charge in [0.2, 0.25) is 0 Å². The Hall–Kier alpha value is -1.07. The van der Waals surface area contributed by atoms with Gasteiger partial charge in [0, 0.05) is 4.47 Å². The predicted octanol–water partition coefficient (Wildman–Crippen LogP) is 3.14. The molecule has 0 spiro atoms. The van der Waals surface area contributed by atoms with Crippen molar-refractivity contribution in [3.05, 3.63) is 27.7 Å². The molecule has 1 aromatic rings. The number of aryl methyl sites for hydroxylation is 1. The monoisotopic (exact) mass is 328 g/mol. The largest absolute Gasteiger partial charge is 0.487 e. The maximum absolute atomic E-state index is 11.3. The number of halogens is 1. The first-order chi connectivity index (χ1) is 8.99. The molecule has 1 aliphatic rings. The smallest absolute Gasteiger partial charge is 0.339 e. The van der Waals surface area contributed by atoms with E-state index in [1.807, 2.05) is 13.0 Å². The fourth-order valence-corrected chi connectivity index (χ4v) is 2.98. The second kappa shape index (κ2) is 5.92. The number of aliphatic hydroxyl groups is 1. The normalized spacial score (nSPS) is 23.1. The molecular formula is C14H17BrO4. The standard InChI is InChI=1S/C14H17BrO4/c1-8-6-9(15)7-10(14(17)18)13(8)19-12-5-3-2-4-11(12)16/h6-7,11-12,16H,2-5H2,1H3,(H,17,18). The van der Waals surface area contributed by atoms with Crippen LogP contribution in [0, 0.1) is 6.92 Å². The Bertz CT molecular complexity index is 487. The van der Waals surface area contributed by atoms with Gasteiger partial charge in [0.1, 0.15) is 17.4 Å².